The fourth-order valence-electron chi connectivity index (χ4n) is 3.45. The van der Waals surface area contributed by atoms with Gasteiger partial charge in [0.2, 0.25) is 0 Å². The van der Waals surface area contributed by atoms with E-state index in [2.05, 4.69) is 10.3 Å². The van der Waals surface area contributed by atoms with Crippen LogP contribution in [0.25, 0.3) is 11.0 Å². The fourth-order valence-corrected chi connectivity index (χ4v) is 3.45. The molecule has 2 aromatic heterocycles. The lowest BCUT2D eigenvalue weighted by atomic mass is 10.1. The van der Waals surface area contributed by atoms with Crippen molar-refractivity contribution in [1.29, 1.82) is 0 Å². The summed E-state index contributed by atoms with van der Waals surface area (Å²) in [6.45, 7) is 1.97. The minimum atomic E-state index is -0.518. The van der Waals surface area contributed by atoms with Crippen LogP contribution in [0.5, 0.6) is 0 Å². The maximum atomic E-state index is 14.2. The summed E-state index contributed by atoms with van der Waals surface area (Å²) in [5.74, 6) is -0.922. The van der Waals surface area contributed by atoms with Crippen LogP contribution in [0.1, 0.15) is 28.4 Å². The highest BCUT2D eigenvalue weighted by Gasteiger charge is 2.18. The molecule has 0 saturated carbocycles. The number of pyridine rings is 2. The van der Waals surface area contributed by atoms with Crippen molar-refractivity contribution in [2.24, 2.45) is 0 Å². The first-order chi connectivity index (χ1) is 14.6. The molecule has 5 nitrogen and oxygen atoms in total. The molecule has 30 heavy (non-hydrogen) atoms. The molecule has 0 saturated heterocycles. The van der Waals surface area contributed by atoms with Crippen molar-refractivity contribution < 1.29 is 9.18 Å². The zero-order valence-corrected chi connectivity index (χ0v) is 16.4. The predicted molar refractivity (Wildman–Crippen MR) is 115 cm³/mol. The number of carbonyl (C=O) groups excluding carboxylic acids is 1. The van der Waals surface area contributed by atoms with Gasteiger partial charge in [-0.15, -0.1) is 0 Å². The Morgan fingerprint density at radius 1 is 1.03 bits per heavy atom. The van der Waals surface area contributed by atoms with Crippen LogP contribution in [0, 0.1) is 5.82 Å². The molecule has 4 aromatic rings. The van der Waals surface area contributed by atoms with E-state index in [0.717, 1.165) is 12.0 Å². The summed E-state index contributed by atoms with van der Waals surface area (Å²) in [4.78, 5) is 30.5. The molecule has 4 rings (SSSR count). The number of amides is 1. The number of anilines is 1. The Balaban J connectivity index is 1.81. The lowest BCUT2D eigenvalue weighted by Gasteiger charge is -2.14. The van der Waals surface area contributed by atoms with Crippen LogP contribution in [0.15, 0.2) is 77.7 Å². The molecule has 0 spiro atoms. The number of nitrogens with one attached hydrogen (secondary N) is 1. The minimum Gasteiger partial charge on any atom is -0.322 e. The van der Waals surface area contributed by atoms with Crippen molar-refractivity contribution in [2.75, 3.05) is 5.32 Å². The average molecular weight is 401 g/mol. The first-order valence-corrected chi connectivity index (χ1v) is 9.69. The van der Waals surface area contributed by atoms with Gasteiger partial charge in [0.25, 0.3) is 11.5 Å². The van der Waals surface area contributed by atoms with E-state index < -0.39 is 17.3 Å². The van der Waals surface area contributed by atoms with E-state index in [1.165, 1.54) is 16.7 Å². The minimum absolute atomic E-state index is 0.0160. The Kier molecular flexibility index (Phi) is 5.39. The van der Waals surface area contributed by atoms with Gasteiger partial charge in [0, 0.05) is 22.8 Å². The highest BCUT2D eigenvalue weighted by Crippen LogP contribution is 2.18. The fraction of sp³-hybridized carbons (Fsp3) is 0.125. The number of aromatic nitrogens is 2. The molecular formula is C24H20FN3O2. The van der Waals surface area contributed by atoms with Gasteiger partial charge in [0.1, 0.15) is 17.0 Å². The van der Waals surface area contributed by atoms with Crippen molar-refractivity contribution in [3.63, 3.8) is 0 Å². The second-order valence-electron chi connectivity index (χ2n) is 6.92. The Bertz CT molecular complexity index is 1300. The van der Waals surface area contributed by atoms with Crippen LogP contribution >= 0.6 is 0 Å². The number of rotatable bonds is 5. The maximum absolute atomic E-state index is 14.2. The summed E-state index contributed by atoms with van der Waals surface area (Å²) in [7, 11) is 0. The summed E-state index contributed by atoms with van der Waals surface area (Å²) in [6.07, 6.45) is 2.31. The Morgan fingerprint density at radius 3 is 2.53 bits per heavy atom. The topological polar surface area (TPSA) is 64.0 Å². The van der Waals surface area contributed by atoms with Crippen molar-refractivity contribution >= 4 is 22.6 Å². The van der Waals surface area contributed by atoms with Gasteiger partial charge in [-0.2, -0.15) is 0 Å². The Labute approximate surface area is 172 Å². The summed E-state index contributed by atoms with van der Waals surface area (Å²) >= 11 is 0. The van der Waals surface area contributed by atoms with Gasteiger partial charge in [-0.3, -0.25) is 14.2 Å². The quantitative estimate of drug-likeness (QED) is 0.539. The molecule has 2 heterocycles. The predicted octanol–water partition coefficient (Wildman–Crippen LogP) is 4.40. The molecule has 0 aliphatic rings. The molecule has 1 amide bonds. The molecule has 0 aliphatic carbocycles. The molecule has 6 heteroatoms. The number of carbonyl (C=O) groups is 1. The number of benzene rings is 2. The number of nitrogens with zero attached hydrogens (tertiary/aromatic N) is 2. The lowest BCUT2D eigenvalue weighted by molar-refractivity contribution is 0.102. The zero-order valence-electron chi connectivity index (χ0n) is 16.4. The van der Waals surface area contributed by atoms with E-state index in [-0.39, 0.29) is 12.1 Å². The molecule has 150 valence electrons. The molecule has 0 radical (unpaired) electrons. The van der Waals surface area contributed by atoms with Gasteiger partial charge in [-0.25, -0.2) is 9.37 Å². The molecule has 0 unspecified atom stereocenters. The van der Waals surface area contributed by atoms with Gasteiger partial charge >= 0.3 is 0 Å². The zero-order chi connectivity index (χ0) is 21.1. The average Bonchev–Trinajstić information content (AvgIpc) is 2.77. The maximum Gasteiger partial charge on any atom is 0.265 e. The van der Waals surface area contributed by atoms with Gasteiger partial charge < -0.3 is 5.32 Å². The van der Waals surface area contributed by atoms with E-state index in [1.807, 2.05) is 25.1 Å². The van der Waals surface area contributed by atoms with Crippen LogP contribution in [-0.4, -0.2) is 15.5 Å². The molecule has 0 aliphatic heterocycles. The third-order valence-electron chi connectivity index (χ3n) is 5.03. The summed E-state index contributed by atoms with van der Waals surface area (Å²) in [5, 5.41) is 3.47. The largest absolute Gasteiger partial charge is 0.322 e. The standard InChI is InChI=1S/C24H20FN3O2/c1-2-16-8-4-6-12-21(16)27-23(29)19-14-17-10-7-13-26-22(17)28(24(19)30)15-18-9-3-5-11-20(18)25/h3-14H,2,15H2,1H3,(H,27,29). The van der Waals surface area contributed by atoms with Crippen LogP contribution < -0.4 is 10.9 Å². The van der Waals surface area contributed by atoms with Crippen molar-refractivity contribution in [2.45, 2.75) is 19.9 Å². The third kappa shape index (κ3) is 3.72. The Morgan fingerprint density at radius 2 is 1.77 bits per heavy atom. The summed E-state index contributed by atoms with van der Waals surface area (Å²) < 4.78 is 15.6. The molecule has 0 atom stereocenters. The number of hydrogen-bond acceptors (Lipinski definition) is 3. The van der Waals surface area contributed by atoms with E-state index in [4.69, 9.17) is 0 Å². The van der Waals surface area contributed by atoms with Gasteiger partial charge in [-0.05, 0) is 42.3 Å². The number of para-hydroxylation sites is 1. The molecule has 0 bridgehead atoms. The lowest BCUT2D eigenvalue weighted by Crippen LogP contribution is -2.30. The second kappa shape index (κ2) is 8.29. The van der Waals surface area contributed by atoms with E-state index >= 15 is 0 Å². The monoisotopic (exact) mass is 401 g/mol. The molecule has 1 N–H and O–H groups in total. The van der Waals surface area contributed by atoms with Crippen LogP contribution in [0.3, 0.4) is 0 Å². The third-order valence-corrected chi connectivity index (χ3v) is 5.03. The van der Waals surface area contributed by atoms with Crippen LogP contribution in [0.4, 0.5) is 10.1 Å². The summed E-state index contributed by atoms with van der Waals surface area (Å²) in [5.41, 5.74) is 1.85. The highest BCUT2D eigenvalue weighted by molar-refractivity contribution is 6.06. The number of hydrogen-bond donors (Lipinski definition) is 1. The SMILES string of the molecule is CCc1ccccc1NC(=O)c1cc2cccnc2n(Cc2ccccc2F)c1=O. The first-order valence-electron chi connectivity index (χ1n) is 9.69. The highest BCUT2D eigenvalue weighted by atomic mass is 19.1. The van der Waals surface area contributed by atoms with E-state index in [9.17, 15) is 14.0 Å². The number of aryl methyl sites for hydroxylation is 1. The number of fused-ring (bicyclic) bond motifs is 1. The van der Waals surface area contributed by atoms with Crippen molar-refractivity contribution in [3.05, 3.63) is 106 Å². The summed E-state index contributed by atoms with van der Waals surface area (Å²) in [6, 6.07) is 18.7. The van der Waals surface area contributed by atoms with E-state index in [0.29, 0.717) is 22.3 Å². The smallest absolute Gasteiger partial charge is 0.265 e. The van der Waals surface area contributed by atoms with Gasteiger partial charge in [-0.1, -0.05) is 43.3 Å². The van der Waals surface area contributed by atoms with Crippen LogP contribution in [-0.2, 0) is 13.0 Å². The van der Waals surface area contributed by atoms with Crippen molar-refractivity contribution in [3.8, 4) is 0 Å². The molecule has 0 fully saturated rings. The first kappa shape index (κ1) is 19.5. The van der Waals surface area contributed by atoms with Gasteiger partial charge in [0.05, 0.1) is 6.54 Å². The Hall–Kier alpha value is -3.80. The normalized spacial score (nSPS) is 10.9. The molecule has 2 aromatic carbocycles. The van der Waals surface area contributed by atoms with E-state index in [1.54, 1.807) is 42.6 Å². The second-order valence-corrected chi connectivity index (χ2v) is 6.92. The molecular weight excluding hydrogens is 381 g/mol. The van der Waals surface area contributed by atoms with Gasteiger partial charge in [0.15, 0.2) is 0 Å². The van der Waals surface area contributed by atoms with Crippen LogP contribution in [0.2, 0.25) is 0 Å². The van der Waals surface area contributed by atoms with Crippen molar-refractivity contribution in [1.82, 2.24) is 9.55 Å². The number of halogens is 1.